The van der Waals surface area contributed by atoms with Crippen LogP contribution in [0.2, 0.25) is 0 Å². The zero-order valence-corrected chi connectivity index (χ0v) is 16.5. The number of aromatic nitrogens is 1. The number of sulfonamides is 1. The van der Waals surface area contributed by atoms with Crippen molar-refractivity contribution in [2.24, 2.45) is 0 Å². The summed E-state index contributed by atoms with van der Waals surface area (Å²) >= 11 is 0. The first-order chi connectivity index (χ1) is 13.5. The number of hydrogen-bond donors (Lipinski definition) is 0. The van der Waals surface area contributed by atoms with Gasteiger partial charge in [-0.25, -0.2) is 13.4 Å². The van der Waals surface area contributed by atoms with Gasteiger partial charge in [0.05, 0.1) is 0 Å². The molecule has 158 valence electrons. The van der Waals surface area contributed by atoms with E-state index in [9.17, 15) is 26.4 Å². The van der Waals surface area contributed by atoms with E-state index < -0.39 is 27.8 Å². The van der Waals surface area contributed by atoms with Gasteiger partial charge in [-0.1, -0.05) is 6.07 Å². The maximum absolute atomic E-state index is 12.8. The van der Waals surface area contributed by atoms with Crippen LogP contribution < -0.4 is 4.90 Å². The maximum Gasteiger partial charge on any atom is 0.433 e. The largest absolute Gasteiger partial charge is 0.438 e. The van der Waals surface area contributed by atoms with Gasteiger partial charge in [-0.3, -0.25) is 4.79 Å². The summed E-state index contributed by atoms with van der Waals surface area (Å²) in [7, 11) is -0.941. The molecule has 1 amide bonds. The Labute approximate surface area is 165 Å². The molecule has 12 heteroatoms. The summed E-state index contributed by atoms with van der Waals surface area (Å²) in [6.45, 7) is 0.408. The highest BCUT2D eigenvalue weighted by atomic mass is 32.2. The number of alkyl halides is 3. The third kappa shape index (κ3) is 4.37. The predicted molar refractivity (Wildman–Crippen MR) is 96.9 cm³/mol. The van der Waals surface area contributed by atoms with Gasteiger partial charge in [0, 0.05) is 40.3 Å². The number of furan rings is 1. The molecule has 3 heterocycles. The molecule has 3 rings (SSSR count). The Morgan fingerprint density at radius 3 is 2.34 bits per heavy atom. The van der Waals surface area contributed by atoms with Crippen LogP contribution in [-0.4, -0.2) is 68.8 Å². The van der Waals surface area contributed by atoms with E-state index in [1.54, 1.807) is 4.90 Å². The molecule has 29 heavy (non-hydrogen) atoms. The first-order valence-electron chi connectivity index (χ1n) is 8.61. The highest BCUT2D eigenvalue weighted by Crippen LogP contribution is 2.29. The summed E-state index contributed by atoms with van der Waals surface area (Å²) in [6.07, 6.45) is -4.55. The zero-order chi connectivity index (χ0) is 21.4. The Kier molecular flexibility index (Phi) is 5.59. The van der Waals surface area contributed by atoms with Crippen molar-refractivity contribution < 1.29 is 30.8 Å². The average Bonchev–Trinajstić information content (AvgIpc) is 3.18. The van der Waals surface area contributed by atoms with Crippen LogP contribution in [-0.2, 0) is 16.2 Å². The molecule has 0 spiro atoms. The first kappa shape index (κ1) is 21.1. The number of carbonyl (C=O) groups is 1. The highest BCUT2D eigenvalue weighted by Gasteiger charge is 2.35. The van der Waals surface area contributed by atoms with Crippen LogP contribution in [0.4, 0.5) is 19.0 Å². The quantitative estimate of drug-likeness (QED) is 0.734. The molecule has 0 aliphatic carbocycles. The highest BCUT2D eigenvalue weighted by molar-refractivity contribution is 7.89. The van der Waals surface area contributed by atoms with E-state index in [1.165, 1.54) is 47.6 Å². The monoisotopic (exact) mass is 432 g/mol. The second kappa shape index (κ2) is 7.67. The van der Waals surface area contributed by atoms with Crippen LogP contribution in [0.3, 0.4) is 0 Å². The molecule has 1 aliphatic heterocycles. The molecule has 1 aliphatic rings. The van der Waals surface area contributed by atoms with Crippen molar-refractivity contribution in [3.63, 3.8) is 0 Å². The Morgan fingerprint density at radius 2 is 1.76 bits per heavy atom. The van der Waals surface area contributed by atoms with E-state index in [0.717, 1.165) is 6.07 Å². The molecule has 1 fully saturated rings. The van der Waals surface area contributed by atoms with Crippen LogP contribution in [0.15, 0.2) is 39.8 Å². The van der Waals surface area contributed by atoms with E-state index in [2.05, 4.69) is 4.98 Å². The van der Waals surface area contributed by atoms with E-state index in [-0.39, 0.29) is 42.8 Å². The molecule has 0 atom stereocenters. The number of nitrogens with zero attached hydrogens (tertiary/aromatic N) is 4. The van der Waals surface area contributed by atoms with Gasteiger partial charge >= 0.3 is 6.18 Å². The lowest BCUT2D eigenvalue weighted by Crippen LogP contribution is -2.48. The fraction of sp³-hybridized carbons (Fsp3) is 0.412. The van der Waals surface area contributed by atoms with Crippen molar-refractivity contribution in [2.45, 2.75) is 11.3 Å². The molecule has 0 saturated carbocycles. The topological polar surface area (TPSA) is 87.0 Å². The third-order valence-corrected chi connectivity index (χ3v) is 6.15. The number of rotatable bonds is 4. The summed E-state index contributed by atoms with van der Waals surface area (Å²) < 4.78 is 70.4. The lowest BCUT2D eigenvalue weighted by molar-refractivity contribution is -0.141. The van der Waals surface area contributed by atoms with Gasteiger partial charge in [0.25, 0.3) is 15.9 Å². The fourth-order valence-corrected chi connectivity index (χ4v) is 4.17. The molecule has 0 bridgehead atoms. The summed E-state index contributed by atoms with van der Waals surface area (Å²) in [5.74, 6) is -0.430. The SMILES string of the molecule is CN(C)C(=O)c1ccc(S(=O)(=O)N2CCN(c3cccc(C(F)(F)F)n3)CC2)o1. The minimum Gasteiger partial charge on any atom is -0.438 e. The molecule has 2 aromatic heterocycles. The van der Waals surface area contributed by atoms with Gasteiger partial charge in [0.1, 0.15) is 11.5 Å². The number of carbonyl (C=O) groups excluding carboxylic acids is 1. The van der Waals surface area contributed by atoms with Crippen LogP contribution in [0.5, 0.6) is 0 Å². The number of halogens is 3. The Balaban J connectivity index is 1.71. The number of anilines is 1. The summed E-state index contributed by atoms with van der Waals surface area (Å²) in [5, 5.41) is -0.353. The van der Waals surface area contributed by atoms with Gasteiger partial charge < -0.3 is 14.2 Å². The van der Waals surface area contributed by atoms with E-state index in [0.29, 0.717) is 0 Å². The summed E-state index contributed by atoms with van der Waals surface area (Å²) in [4.78, 5) is 18.4. The molecule has 0 N–H and O–H groups in total. The summed E-state index contributed by atoms with van der Waals surface area (Å²) in [6, 6.07) is 6.10. The van der Waals surface area contributed by atoms with Gasteiger partial charge in [0.2, 0.25) is 5.09 Å². The van der Waals surface area contributed by atoms with E-state index in [1.807, 2.05) is 0 Å². The standard InChI is InChI=1S/C17H19F3N4O4S/c1-22(2)16(25)12-6-7-15(28-12)29(26,27)24-10-8-23(9-11-24)14-5-3-4-13(21-14)17(18,19)20/h3-7H,8-11H2,1-2H3. The van der Waals surface area contributed by atoms with Crippen molar-refractivity contribution in [1.29, 1.82) is 0 Å². The van der Waals surface area contributed by atoms with Crippen LogP contribution >= 0.6 is 0 Å². The minimum absolute atomic E-state index is 0.0396. The fourth-order valence-electron chi connectivity index (χ4n) is 2.84. The molecule has 2 aromatic rings. The average molecular weight is 432 g/mol. The Morgan fingerprint density at radius 1 is 1.10 bits per heavy atom. The minimum atomic E-state index is -4.55. The molecule has 0 radical (unpaired) electrons. The molecular weight excluding hydrogens is 413 g/mol. The van der Waals surface area contributed by atoms with Gasteiger partial charge in [-0.2, -0.15) is 17.5 Å². The first-order valence-corrected chi connectivity index (χ1v) is 10.0. The third-order valence-electron chi connectivity index (χ3n) is 4.38. The maximum atomic E-state index is 12.8. The normalized spacial score (nSPS) is 16.1. The lowest BCUT2D eigenvalue weighted by Gasteiger charge is -2.34. The zero-order valence-electron chi connectivity index (χ0n) is 15.7. The van der Waals surface area contributed by atoms with Crippen molar-refractivity contribution in [3.8, 4) is 0 Å². The van der Waals surface area contributed by atoms with Crippen molar-refractivity contribution in [2.75, 3.05) is 45.2 Å². The number of pyridine rings is 1. The van der Waals surface area contributed by atoms with Crippen LogP contribution in [0.1, 0.15) is 16.2 Å². The van der Waals surface area contributed by atoms with E-state index >= 15 is 0 Å². The number of amides is 1. The van der Waals surface area contributed by atoms with Crippen molar-refractivity contribution in [3.05, 3.63) is 41.8 Å². The molecule has 0 unspecified atom stereocenters. The lowest BCUT2D eigenvalue weighted by atomic mass is 10.3. The molecular formula is C17H19F3N4O4S. The predicted octanol–water partition coefficient (Wildman–Crippen LogP) is 1.91. The smallest absolute Gasteiger partial charge is 0.433 e. The molecule has 0 aromatic carbocycles. The second-order valence-corrected chi connectivity index (χ2v) is 8.46. The van der Waals surface area contributed by atoms with Gasteiger partial charge in [-0.05, 0) is 24.3 Å². The van der Waals surface area contributed by atoms with Crippen LogP contribution in [0, 0.1) is 0 Å². The van der Waals surface area contributed by atoms with Crippen molar-refractivity contribution >= 4 is 21.7 Å². The van der Waals surface area contributed by atoms with Crippen molar-refractivity contribution in [1.82, 2.24) is 14.2 Å². The van der Waals surface area contributed by atoms with Crippen LogP contribution in [0.25, 0.3) is 0 Å². The number of piperazine rings is 1. The van der Waals surface area contributed by atoms with Gasteiger partial charge in [-0.15, -0.1) is 0 Å². The number of hydrogen-bond acceptors (Lipinski definition) is 6. The Hall–Kier alpha value is -2.60. The molecule has 8 nitrogen and oxygen atoms in total. The Bertz CT molecular complexity index is 996. The van der Waals surface area contributed by atoms with E-state index in [4.69, 9.17) is 4.42 Å². The van der Waals surface area contributed by atoms with Gasteiger partial charge in [0.15, 0.2) is 5.76 Å². The second-order valence-electron chi connectivity index (χ2n) is 6.59. The summed E-state index contributed by atoms with van der Waals surface area (Å²) in [5.41, 5.74) is -1.00. The molecule has 1 saturated heterocycles.